The van der Waals surface area contributed by atoms with Crippen LogP contribution in [0.25, 0.3) is 0 Å². The van der Waals surface area contributed by atoms with Crippen molar-refractivity contribution >= 4 is 5.97 Å². The Hall–Kier alpha value is -2.07. The molecule has 0 spiro atoms. The van der Waals surface area contributed by atoms with E-state index in [9.17, 15) is 9.90 Å². The molecule has 4 heteroatoms. The fraction of sp³-hybridized carbons (Fsp3) is 0.522. The molecule has 1 aromatic carbocycles. The zero-order chi connectivity index (χ0) is 19.6. The van der Waals surface area contributed by atoms with Crippen LogP contribution in [0.5, 0.6) is 0 Å². The van der Waals surface area contributed by atoms with Crippen molar-refractivity contribution in [3.63, 3.8) is 0 Å². The first-order valence-electron chi connectivity index (χ1n) is 10.1. The molecule has 3 rings (SSSR count). The first kappa shape index (κ1) is 19.7. The number of carboxylic acid groups (broad SMARTS) is 1. The van der Waals surface area contributed by atoms with E-state index in [1.807, 2.05) is 19.1 Å². The highest BCUT2D eigenvalue weighted by molar-refractivity contribution is 5.91. The Kier molecular flexibility index (Phi) is 6.05. The van der Waals surface area contributed by atoms with Crippen LogP contribution in [0.2, 0.25) is 0 Å². The van der Waals surface area contributed by atoms with Crippen molar-refractivity contribution in [1.29, 1.82) is 0 Å². The Morgan fingerprint density at radius 1 is 1.15 bits per heavy atom. The summed E-state index contributed by atoms with van der Waals surface area (Å²) in [6.45, 7) is 9.74. The number of aromatic carboxylic acids is 1. The van der Waals surface area contributed by atoms with E-state index in [4.69, 9.17) is 0 Å². The maximum Gasteiger partial charge on any atom is 0.337 e. The lowest BCUT2D eigenvalue weighted by molar-refractivity contribution is 0.0694. The Labute approximate surface area is 162 Å². The monoisotopic (exact) mass is 368 g/mol. The number of carboxylic acids is 1. The second-order valence-corrected chi connectivity index (χ2v) is 8.09. The smallest absolute Gasteiger partial charge is 0.337 e. The van der Waals surface area contributed by atoms with Gasteiger partial charge in [0.1, 0.15) is 0 Å². The molecule has 0 saturated heterocycles. The molecule has 0 amide bonds. The minimum atomic E-state index is -0.826. The molecule has 1 aliphatic rings. The lowest BCUT2D eigenvalue weighted by Gasteiger charge is -2.29. The summed E-state index contributed by atoms with van der Waals surface area (Å²) in [6.07, 6.45) is 5.02. The van der Waals surface area contributed by atoms with Gasteiger partial charge in [-0.3, -0.25) is 0 Å². The van der Waals surface area contributed by atoms with E-state index < -0.39 is 5.97 Å². The van der Waals surface area contributed by atoms with Gasteiger partial charge >= 0.3 is 5.97 Å². The van der Waals surface area contributed by atoms with Crippen LogP contribution in [0, 0.1) is 26.7 Å². The van der Waals surface area contributed by atoms with Crippen molar-refractivity contribution in [2.45, 2.75) is 72.5 Å². The number of aryl methyl sites for hydroxylation is 1. The van der Waals surface area contributed by atoms with Crippen LogP contribution in [0.3, 0.4) is 0 Å². The van der Waals surface area contributed by atoms with Crippen molar-refractivity contribution in [3.05, 3.63) is 57.9 Å². The zero-order valence-electron chi connectivity index (χ0n) is 17.0. The van der Waals surface area contributed by atoms with E-state index in [1.54, 1.807) is 0 Å². The standard InChI is InChI=1S/C23H32N2O2/c1-15-9-5-7-11-19(15)14-25-17(3)20(22(18(25)4)23(26)27)13-24-21-12-8-6-10-16(21)2/h5,7,9,11,16,21,24H,6,8,10,12-14H2,1-4H3,(H,26,27)/t16-,21-/m0/s1. The molecule has 1 heterocycles. The molecule has 4 nitrogen and oxygen atoms in total. The highest BCUT2D eigenvalue weighted by Gasteiger charge is 2.25. The summed E-state index contributed by atoms with van der Waals surface area (Å²) in [5.41, 5.74) is 5.78. The van der Waals surface area contributed by atoms with Gasteiger partial charge in [-0.2, -0.15) is 0 Å². The van der Waals surface area contributed by atoms with Gasteiger partial charge in [0.25, 0.3) is 0 Å². The van der Waals surface area contributed by atoms with Gasteiger partial charge in [-0.25, -0.2) is 4.79 Å². The van der Waals surface area contributed by atoms with Gasteiger partial charge in [0.05, 0.1) is 5.56 Å². The topological polar surface area (TPSA) is 54.3 Å². The Balaban J connectivity index is 1.89. The van der Waals surface area contributed by atoms with Crippen LogP contribution >= 0.6 is 0 Å². The molecule has 0 aliphatic heterocycles. The normalized spacial score (nSPS) is 20.0. The third kappa shape index (κ3) is 4.11. The highest BCUT2D eigenvalue weighted by Crippen LogP contribution is 2.27. The molecule has 1 aliphatic carbocycles. The number of nitrogens with one attached hydrogen (secondary N) is 1. The highest BCUT2D eigenvalue weighted by atomic mass is 16.4. The van der Waals surface area contributed by atoms with Gasteiger partial charge < -0.3 is 15.0 Å². The summed E-state index contributed by atoms with van der Waals surface area (Å²) in [5, 5.41) is 13.5. The molecule has 2 atom stereocenters. The van der Waals surface area contributed by atoms with Crippen LogP contribution in [-0.2, 0) is 13.1 Å². The van der Waals surface area contributed by atoms with Crippen molar-refractivity contribution in [2.24, 2.45) is 5.92 Å². The fourth-order valence-electron chi connectivity index (χ4n) is 4.50. The lowest BCUT2D eigenvalue weighted by atomic mass is 9.86. The molecule has 1 saturated carbocycles. The maximum absolute atomic E-state index is 12.0. The summed E-state index contributed by atoms with van der Waals surface area (Å²) in [6, 6.07) is 8.80. The van der Waals surface area contributed by atoms with E-state index in [2.05, 4.69) is 42.8 Å². The summed E-state index contributed by atoms with van der Waals surface area (Å²) < 4.78 is 2.16. The number of hydrogen-bond acceptors (Lipinski definition) is 2. The van der Waals surface area contributed by atoms with Gasteiger partial charge in [0, 0.05) is 36.1 Å². The largest absolute Gasteiger partial charge is 0.478 e. The third-order valence-corrected chi connectivity index (χ3v) is 6.37. The molecule has 27 heavy (non-hydrogen) atoms. The number of aromatic nitrogens is 1. The van der Waals surface area contributed by atoms with Gasteiger partial charge in [0.2, 0.25) is 0 Å². The van der Waals surface area contributed by atoms with Crippen LogP contribution in [0.1, 0.15) is 71.0 Å². The second-order valence-electron chi connectivity index (χ2n) is 8.09. The molecular weight excluding hydrogens is 336 g/mol. The van der Waals surface area contributed by atoms with E-state index >= 15 is 0 Å². The Morgan fingerprint density at radius 2 is 1.85 bits per heavy atom. The molecule has 1 aromatic heterocycles. The quantitative estimate of drug-likeness (QED) is 0.768. The van der Waals surface area contributed by atoms with Crippen LogP contribution in [0.4, 0.5) is 0 Å². The first-order valence-corrected chi connectivity index (χ1v) is 10.1. The minimum absolute atomic E-state index is 0.469. The zero-order valence-corrected chi connectivity index (χ0v) is 17.0. The number of carbonyl (C=O) groups is 1. The summed E-state index contributed by atoms with van der Waals surface area (Å²) in [5.74, 6) is -0.171. The van der Waals surface area contributed by atoms with Crippen molar-refractivity contribution in [3.8, 4) is 0 Å². The van der Waals surface area contributed by atoms with Crippen molar-refractivity contribution < 1.29 is 9.90 Å². The van der Waals surface area contributed by atoms with E-state index in [-0.39, 0.29) is 0 Å². The summed E-state index contributed by atoms with van der Waals surface area (Å²) >= 11 is 0. The van der Waals surface area contributed by atoms with Crippen LogP contribution in [-0.4, -0.2) is 21.7 Å². The first-order chi connectivity index (χ1) is 12.9. The number of nitrogens with zero attached hydrogens (tertiary/aromatic N) is 1. The Morgan fingerprint density at radius 3 is 2.52 bits per heavy atom. The summed E-state index contributed by atoms with van der Waals surface area (Å²) in [7, 11) is 0. The van der Waals surface area contributed by atoms with E-state index in [1.165, 1.54) is 36.8 Å². The lowest BCUT2D eigenvalue weighted by Crippen LogP contribution is -2.37. The predicted octanol–water partition coefficient (Wildman–Crippen LogP) is 4.83. The molecule has 0 bridgehead atoms. The minimum Gasteiger partial charge on any atom is -0.478 e. The molecule has 146 valence electrons. The third-order valence-electron chi connectivity index (χ3n) is 6.37. The SMILES string of the molecule is Cc1ccccc1Cn1c(C)c(CN[C@H]2CCCC[C@@H]2C)c(C(=O)O)c1C. The number of benzene rings is 1. The molecule has 2 aromatic rings. The molecular formula is C23H32N2O2. The molecule has 1 fully saturated rings. The average molecular weight is 369 g/mol. The number of rotatable bonds is 6. The predicted molar refractivity (Wildman–Crippen MR) is 109 cm³/mol. The molecule has 2 N–H and O–H groups in total. The fourth-order valence-corrected chi connectivity index (χ4v) is 4.50. The Bertz CT molecular complexity index is 822. The van der Waals surface area contributed by atoms with Gasteiger partial charge in [-0.05, 0) is 50.7 Å². The van der Waals surface area contributed by atoms with E-state index in [0.717, 1.165) is 17.0 Å². The van der Waals surface area contributed by atoms with Crippen LogP contribution < -0.4 is 5.32 Å². The van der Waals surface area contributed by atoms with Gasteiger partial charge in [-0.15, -0.1) is 0 Å². The molecule has 0 unspecified atom stereocenters. The van der Waals surface area contributed by atoms with Crippen molar-refractivity contribution in [2.75, 3.05) is 0 Å². The molecule has 0 radical (unpaired) electrons. The number of hydrogen-bond donors (Lipinski definition) is 2. The maximum atomic E-state index is 12.0. The van der Waals surface area contributed by atoms with Gasteiger partial charge in [-0.1, -0.05) is 44.0 Å². The van der Waals surface area contributed by atoms with E-state index in [0.29, 0.717) is 30.6 Å². The average Bonchev–Trinajstić information content (AvgIpc) is 2.87. The van der Waals surface area contributed by atoms with Gasteiger partial charge in [0.15, 0.2) is 0 Å². The summed E-state index contributed by atoms with van der Waals surface area (Å²) in [4.78, 5) is 12.0. The second kappa shape index (κ2) is 8.30. The van der Waals surface area contributed by atoms with Crippen molar-refractivity contribution in [1.82, 2.24) is 9.88 Å². The van der Waals surface area contributed by atoms with Crippen LogP contribution in [0.15, 0.2) is 24.3 Å².